The molecule has 2 aromatic heterocycles. The topological polar surface area (TPSA) is 72.3 Å². The summed E-state index contributed by atoms with van der Waals surface area (Å²) < 4.78 is 2.92. The fourth-order valence-corrected chi connectivity index (χ4v) is 3.09. The van der Waals surface area contributed by atoms with Crippen molar-refractivity contribution in [3.05, 3.63) is 75.6 Å². The van der Waals surface area contributed by atoms with Crippen molar-refractivity contribution in [3.63, 3.8) is 0 Å². The van der Waals surface area contributed by atoms with Gasteiger partial charge in [-0.2, -0.15) is 10.3 Å². The molecule has 0 amide bonds. The molecule has 0 aliphatic rings. The van der Waals surface area contributed by atoms with Crippen LogP contribution in [0.25, 0.3) is 16.9 Å². The fourth-order valence-electron chi connectivity index (χ4n) is 2.70. The molecule has 0 unspecified atom stereocenters. The third kappa shape index (κ3) is 3.68. The summed E-state index contributed by atoms with van der Waals surface area (Å²) in [6, 6.07) is 15.7. The first kappa shape index (κ1) is 16.9. The molecule has 4 rings (SSSR count). The van der Waals surface area contributed by atoms with Crippen molar-refractivity contribution >= 4 is 27.5 Å². The van der Waals surface area contributed by atoms with Gasteiger partial charge in [-0.15, -0.1) is 10.2 Å². The van der Waals surface area contributed by atoms with Crippen molar-refractivity contribution in [3.8, 4) is 16.9 Å². The standard InChI is InChI=1S/C18H14BrClN6/c19-14-4-8-16(9-5-14)26-11-13(3-10-17-21-24-25-22-17)18(23-26)12-1-6-15(20)7-2-12/h1-2,4-9,11H,3,10H2,(H,21,22,24,25). The van der Waals surface area contributed by atoms with E-state index in [-0.39, 0.29) is 0 Å². The van der Waals surface area contributed by atoms with Crippen molar-refractivity contribution in [2.45, 2.75) is 12.8 Å². The van der Waals surface area contributed by atoms with E-state index < -0.39 is 0 Å². The molecule has 6 nitrogen and oxygen atoms in total. The van der Waals surface area contributed by atoms with Crippen LogP contribution in [0.15, 0.2) is 59.2 Å². The van der Waals surface area contributed by atoms with E-state index in [2.05, 4.69) is 36.6 Å². The van der Waals surface area contributed by atoms with Crippen LogP contribution in [-0.4, -0.2) is 30.4 Å². The highest BCUT2D eigenvalue weighted by Crippen LogP contribution is 2.26. The molecule has 0 bridgehead atoms. The van der Waals surface area contributed by atoms with E-state index in [1.807, 2.05) is 59.4 Å². The highest BCUT2D eigenvalue weighted by atomic mass is 79.9. The molecule has 0 aliphatic carbocycles. The van der Waals surface area contributed by atoms with Crippen LogP contribution in [-0.2, 0) is 12.8 Å². The summed E-state index contributed by atoms with van der Waals surface area (Å²) in [6.07, 6.45) is 3.49. The Bertz CT molecular complexity index is 993. The van der Waals surface area contributed by atoms with Crippen LogP contribution in [0.3, 0.4) is 0 Å². The molecule has 0 aliphatic heterocycles. The lowest BCUT2D eigenvalue weighted by Crippen LogP contribution is -1.94. The lowest BCUT2D eigenvalue weighted by molar-refractivity contribution is 0.860. The van der Waals surface area contributed by atoms with Crippen molar-refractivity contribution in [1.82, 2.24) is 30.4 Å². The molecule has 0 saturated carbocycles. The molecule has 2 aromatic carbocycles. The average molecular weight is 430 g/mol. The van der Waals surface area contributed by atoms with Crippen LogP contribution >= 0.6 is 27.5 Å². The van der Waals surface area contributed by atoms with Gasteiger partial charge in [-0.1, -0.05) is 44.9 Å². The van der Waals surface area contributed by atoms with Gasteiger partial charge in [0.25, 0.3) is 0 Å². The van der Waals surface area contributed by atoms with Gasteiger partial charge in [0.1, 0.15) is 0 Å². The van der Waals surface area contributed by atoms with Gasteiger partial charge in [-0.3, -0.25) is 0 Å². The van der Waals surface area contributed by atoms with Gasteiger partial charge < -0.3 is 0 Å². The first-order valence-corrected chi connectivity index (χ1v) is 9.19. The first-order chi connectivity index (χ1) is 12.7. The first-order valence-electron chi connectivity index (χ1n) is 8.02. The van der Waals surface area contributed by atoms with Gasteiger partial charge in [-0.25, -0.2) is 4.68 Å². The molecule has 8 heteroatoms. The Morgan fingerprint density at radius 3 is 2.46 bits per heavy atom. The van der Waals surface area contributed by atoms with E-state index >= 15 is 0 Å². The van der Waals surface area contributed by atoms with Gasteiger partial charge >= 0.3 is 0 Å². The molecule has 1 N–H and O–H groups in total. The van der Waals surface area contributed by atoms with Gasteiger partial charge in [0.05, 0.1) is 11.4 Å². The second-order valence-electron chi connectivity index (χ2n) is 5.76. The largest absolute Gasteiger partial charge is 0.240 e. The lowest BCUT2D eigenvalue weighted by atomic mass is 10.0. The SMILES string of the molecule is Clc1ccc(-c2nn(-c3ccc(Br)cc3)cc2CCc2nn[nH]n2)cc1. The molecule has 0 saturated heterocycles. The van der Waals surface area contributed by atoms with Gasteiger partial charge in [0.2, 0.25) is 0 Å². The van der Waals surface area contributed by atoms with Crippen LogP contribution < -0.4 is 0 Å². The molecule has 0 fully saturated rings. The van der Waals surface area contributed by atoms with E-state index in [0.717, 1.165) is 33.4 Å². The minimum atomic E-state index is 0.684. The monoisotopic (exact) mass is 428 g/mol. The van der Waals surface area contributed by atoms with Crippen molar-refractivity contribution in [2.75, 3.05) is 0 Å². The summed E-state index contributed by atoms with van der Waals surface area (Å²) in [5.41, 5.74) is 4.05. The summed E-state index contributed by atoms with van der Waals surface area (Å²) >= 11 is 9.49. The number of hydrogen-bond acceptors (Lipinski definition) is 4. The number of rotatable bonds is 5. The zero-order valence-electron chi connectivity index (χ0n) is 13.6. The minimum absolute atomic E-state index is 0.684. The second-order valence-corrected chi connectivity index (χ2v) is 7.11. The molecular weight excluding hydrogens is 416 g/mol. The van der Waals surface area contributed by atoms with Crippen LogP contribution in [0.4, 0.5) is 0 Å². The normalized spacial score (nSPS) is 11.0. The maximum Gasteiger partial charge on any atom is 0.174 e. The predicted molar refractivity (Wildman–Crippen MR) is 103 cm³/mol. The van der Waals surface area contributed by atoms with Crippen LogP contribution in [0.5, 0.6) is 0 Å². The van der Waals surface area contributed by atoms with Gasteiger partial charge in [0.15, 0.2) is 5.82 Å². The smallest absolute Gasteiger partial charge is 0.174 e. The molecular formula is C18H14BrClN6. The van der Waals surface area contributed by atoms with Crippen molar-refractivity contribution in [1.29, 1.82) is 0 Å². The number of aromatic amines is 1. The maximum absolute atomic E-state index is 6.03. The number of hydrogen-bond donors (Lipinski definition) is 1. The fraction of sp³-hybridized carbons (Fsp3) is 0.111. The minimum Gasteiger partial charge on any atom is -0.240 e. The van der Waals surface area contributed by atoms with E-state index in [0.29, 0.717) is 17.3 Å². The van der Waals surface area contributed by atoms with E-state index in [4.69, 9.17) is 16.7 Å². The van der Waals surface area contributed by atoms with E-state index in [1.165, 1.54) is 0 Å². The highest BCUT2D eigenvalue weighted by molar-refractivity contribution is 9.10. The average Bonchev–Trinajstić information content (AvgIpc) is 3.31. The highest BCUT2D eigenvalue weighted by Gasteiger charge is 2.13. The number of tetrazole rings is 1. The Labute approximate surface area is 163 Å². The summed E-state index contributed by atoms with van der Waals surface area (Å²) in [4.78, 5) is 0. The van der Waals surface area contributed by atoms with E-state index in [1.54, 1.807) is 0 Å². The van der Waals surface area contributed by atoms with Gasteiger partial charge in [-0.05, 0) is 48.4 Å². The van der Waals surface area contributed by atoms with Crippen LogP contribution in [0, 0.1) is 0 Å². The number of aryl methyl sites for hydroxylation is 2. The lowest BCUT2D eigenvalue weighted by Gasteiger charge is -2.02. The predicted octanol–water partition coefficient (Wildman–Crippen LogP) is 4.25. The molecule has 26 heavy (non-hydrogen) atoms. The summed E-state index contributed by atoms with van der Waals surface area (Å²) in [5, 5.41) is 19.6. The molecule has 0 radical (unpaired) electrons. The number of benzene rings is 2. The Morgan fingerprint density at radius 1 is 1.00 bits per heavy atom. The number of halogens is 2. The quantitative estimate of drug-likeness (QED) is 0.515. The van der Waals surface area contributed by atoms with Crippen LogP contribution in [0.2, 0.25) is 5.02 Å². The Balaban J connectivity index is 1.71. The molecule has 0 spiro atoms. The molecule has 2 heterocycles. The van der Waals surface area contributed by atoms with Crippen LogP contribution in [0.1, 0.15) is 11.4 Å². The third-order valence-electron chi connectivity index (χ3n) is 4.01. The maximum atomic E-state index is 6.03. The number of nitrogens with zero attached hydrogens (tertiary/aromatic N) is 5. The number of aromatic nitrogens is 6. The molecule has 4 aromatic rings. The molecule has 130 valence electrons. The van der Waals surface area contributed by atoms with Crippen molar-refractivity contribution < 1.29 is 0 Å². The Hall–Kier alpha value is -2.51. The zero-order valence-corrected chi connectivity index (χ0v) is 15.9. The summed E-state index contributed by atoms with van der Waals surface area (Å²) in [6.45, 7) is 0. The molecule has 0 atom stereocenters. The van der Waals surface area contributed by atoms with Gasteiger partial charge in [0, 0.05) is 27.7 Å². The Kier molecular flexibility index (Phi) is 4.81. The Morgan fingerprint density at radius 2 is 1.77 bits per heavy atom. The zero-order chi connectivity index (χ0) is 17.9. The number of H-pyrrole nitrogens is 1. The van der Waals surface area contributed by atoms with E-state index in [9.17, 15) is 0 Å². The third-order valence-corrected chi connectivity index (χ3v) is 4.79. The summed E-state index contributed by atoms with van der Waals surface area (Å²) in [5.74, 6) is 0.684. The summed E-state index contributed by atoms with van der Waals surface area (Å²) in [7, 11) is 0. The second kappa shape index (κ2) is 7.39. The number of nitrogens with one attached hydrogen (secondary N) is 1. The van der Waals surface area contributed by atoms with Crippen molar-refractivity contribution in [2.24, 2.45) is 0 Å².